The Morgan fingerprint density at radius 2 is 1.87 bits per heavy atom. The molecular formula is C13H26N2. The third-order valence-corrected chi connectivity index (χ3v) is 2.49. The van der Waals surface area contributed by atoms with E-state index in [1.165, 1.54) is 11.1 Å². The van der Waals surface area contributed by atoms with Crippen molar-refractivity contribution in [1.82, 2.24) is 4.90 Å². The molecule has 0 saturated carbocycles. The smallest absolute Gasteiger partial charge is 0.0458 e. The molecule has 0 aliphatic rings. The van der Waals surface area contributed by atoms with E-state index < -0.39 is 0 Å². The molecule has 0 amide bonds. The number of nitrogens with zero attached hydrogens (tertiary/aromatic N) is 1. The Hall–Kier alpha value is -0.600. The first-order valence-corrected chi connectivity index (χ1v) is 5.81. The maximum Gasteiger partial charge on any atom is 0.0458 e. The van der Waals surface area contributed by atoms with Gasteiger partial charge in [0.15, 0.2) is 0 Å². The molecule has 0 aromatic carbocycles. The van der Waals surface area contributed by atoms with Gasteiger partial charge in [-0.15, -0.1) is 0 Å². The maximum atomic E-state index is 5.60. The largest absolute Gasteiger partial charge is 0.318 e. The Labute approximate surface area is 94.8 Å². The summed E-state index contributed by atoms with van der Waals surface area (Å²) < 4.78 is 0. The van der Waals surface area contributed by atoms with Crippen molar-refractivity contribution < 1.29 is 0 Å². The Morgan fingerprint density at radius 1 is 1.20 bits per heavy atom. The van der Waals surface area contributed by atoms with Crippen molar-refractivity contribution in [2.45, 2.75) is 40.5 Å². The molecule has 0 heterocycles. The molecule has 0 fully saturated rings. The summed E-state index contributed by atoms with van der Waals surface area (Å²) >= 11 is 0. The summed E-state index contributed by atoms with van der Waals surface area (Å²) in [6, 6.07) is 0. The highest BCUT2D eigenvalue weighted by Crippen LogP contribution is 2.06. The number of likely N-dealkylation sites (N-methyl/N-ethyl adjacent to an activating group) is 1. The number of hydrogen-bond donors (Lipinski definition) is 1. The van der Waals surface area contributed by atoms with E-state index in [-0.39, 0.29) is 0 Å². The Bertz CT molecular complexity index is 209. The Balaban J connectivity index is 3.83. The zero-order chi connectivity index (χ0) is 11.7. The van der Waals surface area contributed by atoms with Gasteiger partial charge in [-0.2, -0.15) is 0 Å². The van der Waals surface area contributed by atoms with E-state index in [1.54, 1.807) is 0 Å². The van der Waals surface area contributed by atoms with Gasteiger partial charge in [0.2, 0.25) is 0 Å². The lowest BCUT2D eigenvalue weighted by Crippen LogP contribution is -2.29. The van der Waals surface area contributed by atoms with Crippen molar-refractivity contribution in [3.8, 4) is 0 Å². The third kappa shape index (κ3) is 8.40. The van der Waals surface area contributed by atoms with Crippen molar-refractivity contribution >= 4 is 0 Å². The summed E-state index contributed by atoms with van der Waals surface area (Å²) in [7, 11) is 0. The van der Waals surface area contributed by atoms with Crippen LogP contribution >= 0.6 is 0 Å². The summed E-state index contributed by atoms with van der Waals surface area (Å²) in [6.07, 6.45) is 6.89. The molecule has 0 saturated heterocycles. The summed E-state index contributed by atoms with van der Waals surface area (Å²) in [5, 5.41) is 0. The van der Waals surface area contributed by atoms with Gasteiger partial charge in [-0.25, -0.2) is 0 Å². The monoisotopic (exact) mass is 210 g/mol. The molecule has 0 aliphatic heterocycles. The normalized spacial score (nSPS) is 12.0. The van der Waals surface area contributed by atoms with Crippen molar-refractivity contribution in [3.05, 3.63) is 23.3 Å². The highest BCUT2D eigenvalue weighted by molar-refractivity contribution is 5.03. The van der Waals surface area contributed by atoms with Crippen molar-refractivity contribution in [3.63, 3.8) is 0 Å². The standard InChI is InChI=1S/C13H26N2/c1-5-15(11-14)10-9-13(4)8-6-7-12(2)3/h7,9H,5-6,8,10-11,14H2,1-4H3/b13-9+. The van der Waals surface area contributed by atoms with Crippen molar-refractivity contribution in [2.75, 3.05) is 19.8 Å². The van der Waals surface area contributed by atoms with Crippen LogP contribution in [0, 0.1) is 0 Å². The molecule has 2 nitrogen and oxygen atoms in total. The van der Waals surface area contributed by atoms with Gasteiger partial charge in [-0.3, -0.25) is 4.90 Å². The predicted molar refractivity (Wildman–Crippen MR) is 68.7 cm³/mol. The highest BCUT2D eigenvalue weighted by atomic mass is 15.2. The molecule has 0 spiro atoms. The van der Waals surface area contributed by atoms with E-state index in [1.807, 2.05) is 0 Å². The molecule has 0 radical (unpaired) electrons. The Kier molecular flexibility index (Phi) is 8.34. The van der Waals surface area contributed by atoms with E-state index in [0.717, 1.165) is 25.9 Å². The first-order valence-electron chi connectivity index (χ1n) is 5.81. The third-order valence-electron chi connectivity index (χ3n) is 2.49. The average Bonchev–Trinajstić information content (AvgIpc) is 2.18. The molecule has 2 N–H and O–H groups in total. The second-order valence-electron chi connectivity index (χ2n) is 4.22. The number of hydrogen-bond acceptors (Lipinski definition) is 2. The van der Waals surface area contributed by atoms with Crippen LogP contribution in [0.3, 0.4) is 0 Å². The second-order valence-corrected chi connectivity index (χ2v) is 4.22. The SMILES string of the molecule is CCN(CN)C/C=C(\C)CCC=C(C)C. The predicted octanol–water partition coefficient (Wildman–Crippen LogP) is 2.92. The number of allylic oxidation sites excluding steroid dienone is 3. The molecular weight excluding hydrogens is 184 g/mol. The zero-order valence-electron chi connectivity index (χ0n) is 10.7. The van der Waals surface area contributed by atoms with Crippen LogP contribution in [0.4, 0.5) is 0 Å². The van der Waals surface area contributed by atoms with Gasteiger partial charge >= 0.3 is 0 Å². The van der Waals surface area contributed by atoms with E-state index >= 15 is 0 Å². The van der Waals surface area contributed by atoms with E-state index in [2.05, 4.69) is 44.7 Å². The minimum absolute atomic E-state index is 0.647. The summed E-state index contributed by atoms with van der Waals surface area (Å²) in [4.78, 5) is 2.21. The molecule has 0 rings (SSSR count). The van der Waals surface area contributed by atoms with Gasteiger partial charge in [0.1, 0.15) is 0 Å². The molecule has 88 valence electrons. The van der Waals surface area contributed by atoms with Crippen LogP contribution < -0.4 is 5.73 Å². The Morgan fingerprint density at radius 3 is 2.33 bits per heavy atom. The molecule has 0 aromatic rings. The van der Waals surface area contributed by atoms with E-state index in [0.29, 0.717) is 6.67 Å². The lowest BCUT2D eigenvalue weighted by atomic mass is 10.1. The lowest BCUT2D eigenvalue weighted by Gasteiger charge is -2.15. The summed E-state index contributed by atoms with van der Waals surface area (Å²) in [5.41, 5.74) is 8.46. The van der Waals surface area contributed by atoms with Gasteiger partial charge in [0, 0.05) is 13.2 Å². The van der Waals surface area contributed by atoms with Crippen LogP contribution in [0.2, 0.25) is 0 Å². The van der Waals surface area contributed by atoms with Crippen molar-refractivity contribution in [1.29, 1.82) is 0 Å². The van der Waals surface area contributed by atoms with Crippen LogP contribution in [-0.2, 0) is 0 Å². The minimum Gasteiger partial charge on any atom is -0.318 e. The van der Waals surface area contributed by atoms with Gasteiger partial charge in [0.25, 0.3) is 0 Å². The van der Waals surface area contributed by atoms with Crippen LogP contribution in [0.25, 0.3) is 0 Å². The van der Waals surface area contributed by atoms with Gasteiger partial charge in [-0.05, 0) is 40.2 Å². The molecule has 0 bridgehead atoms. The summed E-state index contributed by atoms with van der Waals surface area (Å²) in [6.45, 7) is 11.3. The fourth-order valence-electron chi connectivity index (χ4n) is 1.31. The molecule has 0 unspecified atom stereocenters. The first-order chi connectivity index (χ1) is 7.10. The van der Waals surface area contributed by atoms with Crippen LogP contribution in [0.1, 0.15) is 40.5 Å². The maximum absolute atomic E-state index is 5.60. The van der Waals surface area contributed by atoms with Gasteiger partial charge in [-0.1, -0.05) is 30.2 Å². The van der Waals surface area contributed by atoms with Crippen LogP contribution in [0.5, 0.6) is 0 Å². The van der Waals surface area contributed by atoms with Gasteiger partial charge in [0.05, 0.1) is 0 Å². The average molecular weight is 210 g/mol. The minimum atomic E-state index is 0.647. The topological polar surface area (TPSA) is 29.3 Å². The first kappa shape index (κ1) is 14.4. The van der Waals surface area contributed by atoms with Crippen molar-refractivity contribution in [2.24, 2.45) is 5.73 Å². The highest BCUT2D eigenvalue weighted by Gasteiger charge is 1.96. The molecule has 2 heteroatoms. The fraction of sp³-hybridized carbons (Fsp3) is 0.692. The zero-order valence-corrected chi connectivity index (χ0v) is 10.7. The van der Waals surface area contributed by atoms with Crippen LogP contribution in [0.15, 0.2) is 23.3 Å². The molecule has 0 atom stereocenters. The number of rotatable bonds is 7. The van der Waals surface area contributed by atoms with E-state index in [9.17, 15) is 0 Å². The number of nitrogens with two attached hydrogens (primary N) is 1. The second kappa shape index (κ2) is 8.69. The molecule has 15 heavy (non-hydrogen) atoms. The van der Waals surface area contributed by atoms with E-state index in [4.69, 9.17) is 5.73 Å². The molecule has 0 aliphatic carbocycles. The van der Waals surface area contributed by atoms with Gasteiger partial charge < -0.3 is 5.73 Å². The van der Waals surface area contributed by atoms with Crippen LogP contribution in [-0.4, -0.2) is 24.7 Å². The summed E-state index contributed by atoms with van der Waals surface area (Å²) in [5.74, 6) is 0. The quantitative estimate of drug-likeness (QED) is 0.517. The lowest BCUT2D eigenvalue weighted by molar-refractivity contribution is 0.328. The molecule has 0 aromatic heterocycles. The fourth-order valence-corrected chi connectivity index (χ4v) is 1.31.